The van der Waals surface area contributed by atoms with Gasteiger partial charge in [-0.05, 0) is 39.4 Å². The van der Waals surface area contributed by atoms with Gasteiger partial charge in [-0.15, -0.1) is 12.3 Å². The zero-order valence-corrected chi connectivity index (χ0v) is 9.26. The smallest absolute Gasteiger partial charge is 0.0214 e. The summed E-state index contributed by atoms with van der Waals surface area (Å²) < 4.78 is 0. The second kappa shape index (κ2) is 6.86. The molecule has 2 nitrogen and oxygen atoms in total. The van der Waals surface area contributed by atoms with Gasteiger partial charge in [0.05, 0.1) is 0 Å². The van der Waals surface area contributed by atoms with Gasteiger partial charge in [-0.1, -0.05) is 6.42 Å². The fourth-order valence-electron chi connectivity index (χ4n) is 2.20. The fraction of sp³-hybridized carbons (Fsp3) is 0.833. The van der Waals surface area contributed by atoms with Gasteiger partial charge >= 0.3 is 0 Å². The number of rotatable bonds is 5. The molecule has 2 heteroatoms. The van der Waals surface area contributed by atoms with Crippen LogP contribution in [0.25, 0.3) is 0 Å². The van der Waals surface area contributed by atoms with Crippen molar-refractivity contribution < 1.29 is 0 Å². The maximum atomic E-state index is 5.30. The van der Waals surface area contributed by atoms with Gasteiger partial charge in [0.25, 0.3) is 0 Å². The van der Waals surface area contributed by atoms with E-state index in [2.05, 4.69) is 16.1 Å². The molecule has 1 aliphatic heterocycles. The molecule has 14 heavy (non-hydrogen) atoms. The van der Waals surface area contributed by atoms with Gasteiger partial charge in [0.2, 0.25) is 0 Å². The molecule has 80 valence electrons. The molecule has 1 atom stereocenters. The lowest BCUT2D eigenvalue weighted by Gasteiger charge is -2.35. The second-order valence-corrected chi connectivity index (χ2v) is 4.03. The quantitative estimate of drug-likeness (QED) is 0.667. The normalized spacial score (nSPS) is 23.3. The van der Waals surface area contributed by atoms with Crippen molar-refractivity contribution in [1.82, 2.24) is 10.2 Å². The summed E-state index contributed by atoms with van der Waals surface area (Å²) in [4.78, 5) is 2.57. The monoisotopic (exact) mass is 194 g/mol. The van der Waals surface area contributed by atoms with E-state index >= 15 is 0 Å². The second-order valence-electron chi connectivity index (χ2n) is 4.03. The van der Waals surface area contributed by atoms with Crippen molar-refractivity contribution in [3.8, 4) is 12.3 Å². The Hall–Kier alpha value is -0.520. The minimum atomic E-state index is 0.768. The standard InChI is InChI=1S/C12H22N2/c1-3-4-10-14-11-6-5-7-12(14)8-9-13-2/h1,12-13H,4-11H2,2H3. The summed E-state index contributed by atoms with van der Waals surface area (Å²) in [7, 11) is 2.02. The SMILES string of the molecule is C#CCCN1CCCCC1CCNC. The molecular weight excluding hydrogens is 172 g/mol. The molecule has 0 aromatic carbocycles. The molecule has 1 saturated heterocycles. The predicted molar refractivity (Wildman–Crippen MR) is 61.2 cm³/mol. The molecular formula is C12H22N2. The van der Waals surface area contributed by atoms with Crippen LogP contribution in [0.4, 0.5) is 0 Å². The van der Waals surface area contributed by atoms with Crippen molar-refractivity contribution in [2.75, 3.05) is 26.7 Å². The first-order valence-corrected chi connectivity index (χ1v) is 5.70. The highest BCUT2D eigenvalue weighted by Gasteiger charge is 2.20. The fourth-order valence-corrected chi connectivity index (χ4v) is 2.20. The summed E-state index contributed by atoms with van der Waals surface area (Å²) in [5, 5.41) is 3.22. The number of piperidine rings is 1. The van der Waals surface area contributed by atoms with Crippen LogP contribution in [-0.4, -0.2) is 37.6 Å². The molecule has 0 bridgehead atoms. The van der Waals surface area contributed by atoms with Crippen LogP contribution >= 0.6 is 0 Å². The van der Waals surface area contributed by atoms with E-state index in [0.717, 1.165) is 25.6 Å². The lowest BCUT2D eigenvalue weighted by Crippen LogP contribution is -2.41. The number of terminal acetylenes is 1. The third kappa shape index (κ3) is 3.69. The van der Waals surface area contributed by atoms with Crippen LogP contribution in [0.1, 0.15) is 32.1 Å². The van der Waals surface area contributed by atoms with Crippen molar-refractivity contribution in [2.24, 2.45) is 0 Å². The molecule has 0 aromatic heterocycles. The average molecular weight is 194 g/mol. The van der Waals surface area contributed by atoms with Gasteiger partial charge < -0.3 is 5.32 Å². The van der Waals surface area contributed by atoms with Crippen LogP contribution in [0.5, 0.6) is 0 Å². The van der Waals surface area contributed by atoms with Gasteiger partial charge in [-0.25, -0.2) is 0 Å². The lowest BCUT2D eigenvalue weighted by molar-refractivity contribution is 0.144. The minimum absolute atomic E-state index is 0.768. The van der Waals surface area contributed by atoms with Crippen LogP contribution in [-0.2, 0) is 0 Å². The van der Waals surface area contributed by atoms with Crippen molar-refractivity contribution in [3.63, 3.8) is 0 Å². The lowest BCUT2D eigenvalue weighted by atomic mass is 9.99. The van der Waals surface area contributed by atoms with Crippen molar-refractivity contribution >= 4 is 0 Å². The van der Waals surface area contributed by atoms with E-state index < -0.39 is 0 Å². The Morgan fingerprint density at radius 1 is 1.50 bits per heavy atom. The molecule has 1 aliphatic rings. The molecule has 0 radical (unpaired) electrons. The molecule has 1 unspecified atom stereocenters. The summed E-state index contributed by atoms with van der Waals surface area (Å²) in [6, 6.07) is 0.768. The summed E-state index contributed by atoms with van der Waals surface area (Å²) >= 11 is 0. The maximum absolute atomic E-state index is 5.30. The van der Waals surface area contributed by atoms with Crippen LogP contribution in [0.15, 0.2) is 0 Å². The van der Waals surface area contributed by atoms with Gasteiger partial charge in [0, 0.05) is 19.0 Å². The van der Waals surface area contributed by atoms with Gasteiger partial charge in [-0.2, -0.15) is 0 Å². The zero-order valence-electron chi connectivity index (χ0n) is 9.26. The molecule has 0 aliphatic carbocycles. The molecule has 1 rings (SSSR count). The predicted octanol–water partition coefficient (Wildman–Crippen LogP) is 1.47. The Bertz CT molecular complexity index is 183. The summed E-state index contributed by atoms with van der Waals surface area (Å²) in [5.74, 6) is 2.73. The highest BCUT2D eigenvalue weighted by Crippen LogP contribution is 2.19. The first-order chi connectivity index (χ1) is 6.88. The average Bonchev–Trinajstić information content (AvgIpc) is 2.24. The Labute approximate surface area is 88.1 Å². The van der Waals surface area contributed by atoms with Gasteiger partial charge in [0.15, 0.2) is 0 Å². The van der Waals surface area contributed by atoms with E-state index in [9.17, 15) is 0 Å². The zero-order chi connectivity index (χ0) is 10.2. The summed E-state index contributed by atoms with van der Waals surface area (Å²) in [6.45, 7) is 3.46. The van der Waals surface area contributed by atoms with E-state index in [1.807, 2.05) is 7.05 Å². The minimum Gasteiger partial charge on any atom is -0.320 e. The van der Waals surface area contributed by atoms with E-state index in [-0.39, 0.29) is 0 Å². The number of likely N-dealkylation sites (tertiary alicyclic amines) is 1. The van der Waals surface area contributed by atoms with E-state index in [4.69, 9.17) is 6.42 Å². The highest BCUT2D eigenvalue weighted by atomic mass is 15.2. The van der Waals surface area contributed by atoms with Crippen LogP contribution < -0.4 is 5.32 Å². The van der Waals surface area contributed by atoms with Crippen molar-refractivity contribution in [1.29, 1.82) is 0 Å². The third-order valence-electron chi connectivity index (χ3n) is 3.02. The maximum Gasteiger partial charge on any atom is 0.0214 e. The number of nitrogens with one attached hydrogen (secondary N) is 1. The van der Waals surface area contributed by atoms with Crippen molar-refractivity contribution in [3.05, 3.63) is 0 Å². The first-order valence-electron chi connectivity index (χ1n) is 5.70. The topological polar surface area (TPSA) is 15.3 Å². The third-order valence-corrected chi connectivity index (χ3v) is 3.02. The molecule has 0 spiro atoms. The van der Waals surface area contributed by atoms with E-state index in [1.54, 1.807) is 0 Å². The van der Waals surface area contributed by atoms with Crippen LogP contribution in [0, 0.1) is 12.3 Å². The van der Waals surface area contributed by atoms with Crippen LogP contribution in [0.2, 0.25) is 0 Å². The number of nitrogens with zero attached hydrogens (tertiary/aromatic N) is 1. The van der Waals surface area contributed by atoms with E-state index in [1.165, 1.54) is 32.2 Å². The van der Waals surface area contributed by atoms with Gasteiger partial charge in [-0.3, -0.25) is 4.90 Å². The molecule has 0 amide bonds. The van der Waals surface area contributed by atoms with Crippen molar-refractivity contribution in [2.45, 2.75) is 38.1 Å². The molecule has 1 N–H and O–H groups in total. The Morgan fingerprint density at radius 3 is 3.07 bits per heavy atom. The van der Waals surface area contributed by atoms with Crippen LogP contribution in [0.3, 0.4) is 0 Å². The first kappa shape index (κ1) is 11.6. The summed E-state index contributed by atoms with van der Waals surface area (Å²) in [5.41, 5.74) is 0. The largest absolute Gasteiger partial charge is 0.320 e. The Kier molecular flexibility index (Phi) is 5.66. The molecule has 0 saturated carbocycles. The summed E-state index contributed by atoms with van der Waals surface area (Å²) in [6.07, 6.45) is 11.6. The number of hydrogen-bond donors (Lipinski definition) is 1. The highest BCUT2D eigenvalue weighted by molar-refractivity contribution is 4.87. The Morgan fingerprint density at radius 2 is 2.36 bits per heavy atom. The molecule has 1 fully saturated rings. The Balaban J connectivity index is 2.30. The van der Waals surface area contributed by atoms with Gasteiger partial charge in [0.1, 0.15) is 0 Å². The number of hydrogen-bond acceptors (Lipinski definition) is 2. The molecule has 1 heterocycles. The van der Waals surface area contributed by atoms with E-state index in [0.29, 0.717) is 0 Å². The molecule has 0 aromatic rings.